The van der Waals surface area contributed by atoms with E-state index in [1.54, 1.807) is 43.5 Å². The van der Waals surface area contributed by atoms with E-state index >= 15 is 0 Å². The van der Waals surface area contributed by atoms with Gasteiger partial charge < -0.3 is 10.5 Å². The molecule has 0 amide bonds. The molecule has 2 aromatic carbocycles. The van der Waals surface area contributed by atoms with Crippen molar-refractivity contribution in [1.29, 1.82) is 0 Å². The van der Waals surface area contributed by atoms with Gasteiger partial charge in [-0.1, -0.05) is 11.6 Å². The summed E-state index contributed by atoms with van der Waals surface area (Å²) in [5.41, 5.74) is 10.2. The molecule has 0 aliphatic rings. The molecule has 7 nitrogen and oxygen atoms in total. The third-order valence-electron chi connectivity index (χ3n) is 3.65. The van der Waals surface area contributed by atoms with E-state index in [9.17, 15) is 4.79 Å². The number of nitrogen functional groups attached to an aromatic ring is 1. The van der Waals surface area contributed by atoms with Crippen LogP contribution in [0.25, 0.3) is 0 Å². The number of hydrogen-bond acceptors (Lipinski definition) is 6. The van der Waals surface area contributed by atoms with Crippen molar-refractivity contribution in [1.82, 2.24) is 14.5 Å². The monoisotopic (exact) mass is 389 g/mol. The Labute approximate surface area is 159 Å². The highest BCUT2D eigenvalue weighted by Gasteiger charge is 2.13. The van der Waals surface area contributed by atoms with Crippen LogP contribution < -0.4 is 15.9 Å². The zero-order valence-corrected chi connectivity index (χ0v) is 15.4. The lowest BCUT2D eigenvalue weighted by atomic mass is 10.1. The van der Waals surface area contributed by atoms with Crippen molar-refractivity contribution >= 4 is 41.2 Å². The fourth-order valence-electron chi connectivity index (χ4n) is 2.29. The average Bonchev–Trinajstić information content (AvgIpc) is 2.90. The molecule has 1 heterocycles. The number of methoxy groups -OCH3 is 1. The first-order valence-corrected chi connectivity index (χ1v) is 8.42. The highest BCUT2D eigenvalue weighted by molar-refractivity contribution is 7.71. The number of ketones is 1. The van der Waals surface area contributed by atoms with Crippen molar-refractivity contribution in [2.45, 2.75) is 6.54 Å². The molecule has 0 spiro atoms. The molecule has 3 aromatic rings. The summed E-state index contributed by atoms with van der Waals surface area (Å²) >= 11 is 11.2. The van der Waals surface area contributed by atoms with Gasteiger partial charge in [-0.3, -0.25) is 10.2 Å². The summed E-state index contributed by atoms with van der Waals surface area (Å²) < 4.78 is 8.21. The molecular weight excluding hydrogens is 374 g/mol. The van der Waals surface area contributed by atoms with Gasteiger partial charge in [0.2, 0.25) is 10.7 Å². The third-order valence-corrected chi connectivity index (χ3v) is 4.30. The summed E-state index contributed by atoms with van der Waals surface area (Å²) in [7, 11) is 1.60. The van der Waals surface area contributed by atoms with E-state index in [0.717, 1.165) is 11.4 Å². The lowest BCUT2D eigenvalue weighted by Crippen LogP contribution is -2.14. The van der Waals surface area contributed by atoms with Crippen LogP contribution in [0.15, 0.2) is 48.5 Å². The van der Waals surface area contributed by atoms with Crippen LogP contribution in [0.5, 0.6) is 5.75 Å². The fourth-order valence-corrected chi connectivity index (χ4v) is 2.66. The summed E-state index contributed by atoms with van der Waals surface area (Å²) in [4.78, 5) is 12.4. The molecule has 0 atom stereocenters. The number of Topliss-reactive ketones (excluding diaryl/α,β-unsaturated/α-hetero) is 1. The van der Waals surface area contributed by atoms with E-state index in [1.165, 1.54) is 9.36 Å². The Kier molecular flexibility index (Phi) is 5.24. The number of benzene rings is 2. The normalized spacial score (nSPS) is 10.5. The Morgan fingerprint density at radius 1 is 1.23 bits per heavy atom. The second-order valence-electron chi connectivity index (χ2n) is 5.40. The van der Waals surface area contributed by atoms with E-state index in [2.05, 4.69) is 10.5 Å². The van der Waals surface area contributed by atoms with Crippen LogP contribution in [0.2, 0.25) is 5.02 Å². The highest BCUT2D eigenvalue weighted by Crippen LogP contribution is 2.16. The van der Waals surface area contributed by atoms with Gasteiger partial charge in [-0.05, 0) is 60.7 Å². The zero-order valence-electron chi connectivity index (χ0n) is 13.8. The van der Waals surface area contributed by atoms with Gasteiger partial charge in [0.1, 0.15) is 12.3 Å². The molecular formula is C17H16ClN5O2S. The molecule has 0 bridgehead atoms. The maximum Gasteiger partial charge on any atom is 0.240 e. The molecule has 0 saturated carbocycles. The minimum atomic E-state index is -0.146. The first kappa shape index (κ1) is 18.0. The van der Waals surface area contributed by atoms with Crippen LogP contribution in [0.3, 0.4) is 0 Å². The Hall–Kier alpha value is -2.84. The molecule has 0 aliphatic carbocycles. The average molecular weight is 390 g/mol. The number of carbonyl (C=O) groups is 1. The van der Waals surface area contributed by atoms with Crippen molar-refractivity contribution in [2.75, 3.05) is 18.3 Å². The second kappa shape index (κ2) is 7.59. The number of rotatable bonds is 6. The van der Waals surface area contributed by atoms with E-state index in [4.69, 9.17) is 34.3 Å². The summed E-state index contributed by atoms with van der Waals surface area (Å²) in [5.74, 6) is 0.734. The van der Waals surface area contributed by atoms with Crippen molar-refractivity contribution in [2.24, 2.45) is 0 Å². The first-order valence-electron chi connectivity index (χ1n) is 7.63. The summed E-state index contributed by atoms with van der Waals surface area (Å²) in [6.07, 6.45) is 0. The maximum atomic E-state index is 12.4. The van der Waals surface area contributed by atoms with Crippen molar-refractivity contribution < 1.29 is 9.53 Å². The topological polar surface area (TPSA) is 87.1 Å². The fraction of sp³-hybridized carbons (Fsp3) is 0.118. The molecule has 0 unspecified atom stereocenters. The first-order chi connectivity index (χ1) is 12.5. The van der Waals surface area contributed by atoms with Crippen LogP contribution in [0.4, 0.5) is 11.6 Å². The van der Waals surface area contributed by atoms with Crippen molar-refractivity contribution in [3.05, 3.63) is 63.9 Å². The minimum absolute atomic E-state index is 0.0258. The minimum Gasteiger partial charge on any atom is -0.497 e. The SMILES string of the molecule is COc1ccc(Nn2c(N)nn(CC(=O)c3ccc(Cl)cc3)c2=S)cc1. The van der Waals surface area contributed by atoms with E-state index in [1.807, 2.05) is 12.1 Å². The number of hydrogen-bond donors (Lipinski definition) is 2. The summed E-state index contributed by atoms with van der Waals surface area (Å²) in [6.45, 7) is -0.0258. The molecule has 0 fully saturated rings. The van der Waals surface area contributed by atoms with Gasteiger partial charge >= 0.3 is 0 Å². The number of nitrogens with zero attached hydrogens (tertiary/aromatic N) is 3. The molecule has 26 heavy (non-hydrogen) atoms. The lowest BCUT2D eigenvalue weighted by molar-refractivity contribution is 0.0967. The number of aromatic nitrogens is 3. The van der Waals surface area contributed by atoms with Gasteiger partial charge in [0, 0.05) is 10.6 Å². The van der Waals surface area contributed by atoms with E-state index in [-0.39, 0.29) is 23.0 Å². The lowest BCUT2D eigenvalue weighted by Gasteiger charge is -2.08. The summed E-state index contributed by atoms with van der Waals surface area (Å²) in [6, 6.07) is 13.9. The number of halogens is 1. The van der Waals surface area contributed by atoms with Crippen LogP contribution in [-0.2, 0) is 6.54 Å². The molecule has 0 aliphatic heterocycles. The van der Waals surface area contributed by atoms with Gasteiger partial charge in [-0.2, -0.15) is 4.68 Å². The number of nitrogens with two attached hydrogens (primary N) is 1. The van der Waals surface area contributed by atoms with Crippen molar-refractivity contribution in [3.8, 4) is 5.75 Å². The Balaban J connectivity index is 1.79. The number of carbonyl (C=O) groups excluding carboxylic acids is 1. The predicted octanol–water partition coefficient (Wildman–Crippen LogP) is 3.42. The number of anilines is 2. The van der Waals surface area contributed by atoms with Crippen molar-refractivity contribution in [3.63, 3.8) is 0 Å². The van der Waals surface area contributed by atoms with E-state index in [0.29, 0.717) is 10.6 Å². The van der Waals surface area contributed by atoms with Crippen LogP contribution in [0.1, 0.15) is 10.4 Å². The van der Waals surface area contributed by atoms with Gasteiger partial charge in [-0.25, -0.2) is 4.68 Å². The largest absolute Gasteiger partial charge is 0.497 e. The molecule has 3 rings (SSSR count). The van der Waals surface area contributed by atoms with Gasteiger partial charge in [0.05, 0.1) is 12.8 Å². The Morgan fingerprint density at radius 2 is 1.88 bits per heavy atom. The molecule has 0 radical (unpaired) electrons. The number of nitrogens with one attached hydrogen (secondary N) is 1. The predicted molar refractivity (Wildman–Crippen MR) is 103 cm³/mol. The molecule has 9 heteroatoms. The smallest absolute Gasteiger partial charge is 0.240 e. The maximum absolute atomic E-state index is 12.4. The quantitative estimate of drug-likeness (QED) is 0.496. The van der Waals surface area contributed by atoms with E-state index < -0.39 is 0 Å². The zero-order chi connectivity index (χ0) is 18.7. The van der Waals surface area contributed by atoms with Crippen LogP contribution >= 0.6 is 23.8 Å². The molecule has 3 N–H and O–H groups in total. The highest BCUT2D eigenvalue weighted by atomic mass is 35.5. The Morgan fingerprint density at radius 3 is 2.50 bits per heavy atom. The Bertz CT molecular complexity index is 980. The van der Waals surface area contributed by atoms with Gasteiger partial charge in [0.25, 0.3) is 0 Å². The number of ether oxygens (including phenoxy) is 1. The standard InChI is InChI=1S/C17H16ClN5O2S/c1-25-14-8-6-13(7-9-14)20-23-16(19)21-22(17(23)26)10-15(24)11-2-4-12(18)5-3-11/h2-9,20H,10H2,1H3,(H2,19,21). The van der Waals surface area contributed by atoms with Crippen LogP contribution in [-0.4, -0.2) is 27.3 Å². The van der Waals surface area contributed by atoms with Crippen LogP contribution in [0, 0.1) is 4.77 Å². The molecule has 134 valence electrons. The molecule has 1 aromatic heterocycles. The third kappa shape index (κ3) is 3.87. The van der Waals surface area contributed by atoms with Gasteiger partial charge in [0.15, 0.2) is 5.78 Å². The molecule has 0 saturated heterocycles. The second-order valence-corrected chi connectivity index (χ2v) is 6.21. The summed E-state index contributed by atoms with van der Waals surface area (Å²) in [5, 5.41) is 4.71. The van der Waals surface area contributed by atoms with Gasteiger partial charge in [-0.15, -0.1) is 5.10 Å².